The molecule has 1 aromatic carbocycles. The van der Waals surface area contributed by atoms with E-state index in [0.717, 1.165) is 52.1 Å². The first-order chi connectivity index (χ1) is 12.5. The fraction of sp³-hybridized carbons (Fsp3) is 0.556. The molecule has 0 saturated carbocycles. The molecule has 142 valence electrons. The molecule has 8 heteroatoms. The van der Waals surface area contributed by atoms with E-state index < -0.39 is 0 Å². The molecule has 2 aliphatic rings. The van der Waals surface area contributed by atoms with Crippen molar-refractivity contribution >= 4 is 40.7 Å². The number of amides is 2. The number of piperazine rings is 1. The van der Waals surface area contributed by atoms with Gasteiger partial charge in [-0.25, -0.2) is 0 Å². The highest BCUT2D eigenvalue weighted by molar-refractivity contribution is 6.35. The summed E-state index contributed by atoms with van der Waals surface area (Å²) in [6.45, 7) is 5.70. The van der Waals surface area contributed by atoms with Gasteiger partial charge >= 0.3 is 0 Å². The summed E-state index contributed by atoms with van der Waals surface area (Å²) in [4.78, 5) is 30.7. The predicted octanol–water partition coefficient (Wildman–Crippen LogP) is 2.17. The molecule has 1 N–H and O–H groups in total. The van der Waals surface area contributed by atoms with Crippen molar-refractivity contribution in [3.8, 4) is 0 Å². The van der Waals surface area contributed by atoms with Gasteiger partial charge in [0.2, 0.25) is 11.8 Å². The standard InChI is InChI=1S/C18H24Cl2N4O2/c19-14-3-4-15(20)16(11-14)21-17(25)12-22-7-9-23(10-8-22)13-18(26)24-5-1-2-6-24/h3-4,11H,1-2,5-10,12-13H2,(H,21,25). The number of rotatable bonds is 5. The van der Waals surface area contributed by atoms with Crippen LogP contribution in [0.25, 0.3) is 0 Å². The number of nitrogens with zero attached hydrogens (tertiary/aromatic N) is 3. The van der Waals surface area contributed by atoms with E-state index in [1.807, 2.05) is 4.90 Å². The highest BCUT2D eigenvalue weighted by Crippen LogP contribution is 2.25. The van der Waals surface area contributed by atoms with Crippen LogP contribution < -0.4 is 5.32 Å². The Morgan fingerprint density at radius 3 is 2.19 bits per heavy atom. The maximum atomic E-state index is 12.2. The zero-order valence-electron chi connectivity index (χ0n) is 14.7. The normalized spacial score (nSPS) is 18.9. The van der Waals surface area contributed by atoms with E-state index in [0.29, 0.717) is 28.8 Å². The van der Waals surface area contributed by atoms with E-state index in [2.05, 4.69) is 15.1 Å². The molecular weight excluding hydrogens is 375 g/mol. The van der Waals surface area contributed by atoms with E-state index in [-0.39, 0.29) is 11.8 Å². The second-order valence-corrected chi connectivity index (χ2v) is 7.66. The first-order valence-electron chi connectivity index (χ1n) is 8.98. The number of nitrogens with one attached hydrogen (secondary N) is 1. The van der Waals surface area contributed by atoms with E-state index in [4.69, 9.17) is 23.2 Å². The van der Waals surface area contributed by atoms with E-state index in [1.165, 1.54) is 0 Å². The van der Waals surface area contributed by atoms with Gasteiger partial charge in [-0.1, -0.05) is 23.2 Å². The Balaban J connectivity index is 1.41. The third-order valence-corrected chi connectivity index (χ3v) is 5.42. The van der Waals surface area contributed by atoms with Crippen molar-refractivity contribution in [2.45, 2.75) is 12.8 Å². The van der Waals surface area contributed by atoms with Gasteiger partial charge in [0.25, 0.3) is 0 Å². The van der Waals surface area contributed by atoms with Gasteiger partial charge in [-0.05, 0) is 31.0 Å². The fourth-order valence-corrected chi connectivity index (χ4v) is 3.69. The molecule has 0 spiro atoms. The molecule has 2 fully saturated rings. The summed E-state index contributed by atoms with van der Waals surface area (Å²) in [7, 11) is 0. The highest BCUT2D eigenvalue weighted by atomic mass is 35.5. The van der Waals surface area contributed by atoms with Crippen LogP contribution in [0.5, 0.6) is 0 Å². The number of carbonyl (C=O) groups is 2. The number of carbonyl (C=O) groups excluding carboxylic acids is 2. The maximum absolute atomic E-state index is 12.2. The molecule has 6 nitrogen and oxygen atoms in total. The summed E-state index contributed by atoms with van der Waals surface area (Å²) in [5.74, 6) is 0.111. The van der Waals surface area contributed by atoms with Crippen LogP contribution in [0, 0.1) is 0 Å². The van der Waals surface area contributed by atoms with Crippen molar-refractivity contribution in [2.24, 2.45) is 0 Å². The first-order valence-corrected chi connectivity index (χ1v) is 9.74. The minimum absolute atomic E-state index is 0.115. The van der Waals surface area contributed by atoms with Crippen LogP contribution >= 0.6 is 23.2 Å². The van der Waals surface area contributed by atoms with Crippen molar-refractivity contribution in [3.63, 3.8) is 0 Å². The third kappa shape index (κ3) is 5.33. The number of anilines is 1. The summed E-state index contributed by atoms with van der Waals surface area (Å²) in [6.07, 6.45) is 2.23. The third-order valence-electron chi connectivity index (χ3n) is 4.85. The second-order valence-electron chi connectivity index (χ2n) is 6.81. The molecule has 3 rings (SSSR count). The summed E-state index contributed by atoms with van der Waals surface area (Å²) < 4.78 is 0. The number of halogens is 2. The molecule has 26 heavy (non-hydrogen) atoms. The molecule has 0 aliphatic carbocycles. The second kappa shape index (κ2) is 9.04. The zero-order valence-corrected chi connectivity index (χ0v) is 16.2. The van der Waals surface area contributed by atoms with Gasteiger partial charge in [-0.2, -0.15) is 0 Å². The van der Waals surface area contributed by atoms with Gasteiger partial charge in [-0.15, -0.1) is 0 Å². The molecule has 2 heterocycles. The van der Waals surface area contributed by atoms with Gasteiger partial charge in [-0.3, -0.25) is 19.4 Å². The lowest BCUT2D eigenvalue weighted by atomic mass is 10.3. The molecule has 0 unspecified atom stereocenters. The van der Waals surface area contributed by atoms with Crippen LogP contribution in [0.2, 0.25) is 10.0 Å². The van der Waals surface area contributed by atoms with E-state index in [9.17, 15) is 9.59 Å². The van der Waals surface area contributed by atoms with Gasteiger partial charge < -0.3 is 10.2 Å². The zero-order chi connectivity index (χ0) is 18.5. The summed E-state index contributed by atoms with van der Waals surface area (Å²) in [6, 6.07) is 4.99. The Kier molecular flexibility index (Phi) is 6.75. The van der Waals surface area contributed by atoms with E-state index in [1.54, 1.807) is 18.2 Å². The van der Waals surface area contributed by atoms with Crippen molar-refractivity contribution in [3.05, 3.63) is 28.2 Å². The molecule has 1 aromatic rings. The topological polar surface area (TPSA) is 55.9 Å². The van der Waals surface area contributed by atoms with Gasteiger partial charge in [0.05, 0.1) is 23.8 Å². The maximum Gasteiger partial charge on any atom is 0.238 e. The first kappa shape index (κ1) is 19.4. The van der Waals surface area contributed by atoms with E-state index >= 15 is 0 Å². The number of hydrogen-bond donors (Lipinski definition) is 1. The Labute approximate surface area is 164 Å². The van der Waals surface area contributed by atoms with Gasteiger partial charge in [0.15, 0.2) is 0 Å². The lowest BCUT2D eigenvalue weighted by molar-refractivity contribution is -0.132. The largest absolute Gasteiger partial charge is 0.342 e. The van der Waals surface area contributed by atoms with Crippen LogP contribution in [-0.4, -0.2) is 78.9 Å². The smallest absolute Gasteiger partial charge is 0.238 e. The summed E-state index contributed by atoms with van der Waals surface area (Å²) >= 11 is 12.0. The minimum Gasteiger partial charge on any atom is -0.342 e. The van der Waals surface area contributed by atoms with Crippen LogP contribution in [0.1, 0.15) is 12.8 Å². The predicted molar refractivity (Wildman–Crippen MR) is 104 cm³/mol. The van der Waals surface area contributed by atoms with Crippen LogP contribution in [0.3, 0.4) is 0 Å². The Morgan fingerprint density at radius 2 is 1.54 bits per heavy atom. The fourth-order valence-electron chi connectivity index (χ4n) is 3.35. The SMILES string of the molecule is O=C(CN1CCN(CC(=O)N2CCCC2)CC1)Nc1cc(Cl)ccc1Cl. The Hall–Kier alpha value is -1.34. The van der Waals surface area contributed by atoms with Crippen LogP contribution in [0.4, 0.5) is 5.69 Å². The van der Waals surface area contributed by atoms with Crippen LogP contribution in [-0.2, 0) is 9.59 Å². The molecule has 0 aromatic heterocycles. The van der Waals surface area contributed by atoms with Crippen molar-refractivity contribution in [2.75, 3.05) is 57.7 Å². The lowest BCUT2D eigenvalue weighted by Crippen LogP contribution is -2.51. The summed E-state index contributed by atoms with van der Waals surface area (Å²) in [5.41, 5.74) is 0.527. The average Bonchev–Trinajstić information content (AvgIpc) is 3.14. The molecule has 2 aliphatic heterocycles. The number of hydrogen-bond acceptors (Lipinski definition) is 4. The average molecular weight is 399 g/mol. The number of likely N-dealkylation sites (tertiary alicyclic amines) is 1. The van der Waals surface area contributed by atoms with Gasteiger partial charge in [0.1, 0.15) is 0 Å². The monoisotopic (exact) mass is 398 g/mol. The molecule has 0 radical (unpaired) electrons. The molecule has 2 saturated heterocycles. The summed E-state index contributed by atoms with van der Waals surface area (Å²) in [5, 5.41) is 3.80. The lowest BCUT2D eigenvalue weighted by Gasteiger charge is -2.34. The molecular formula is C18H24Cl2N4O2. The van der Waals surface area contributed by atoms with Crippen molar-refractivity contribution in [1.82, 2.24) is 14.7 Å². The number of benzene rings is 1. The Morgan fingerprint density at radius 1 is 0.923 bits per heavy atom. The molecule has 0 bridgehead atoms. The quantitative estimate of drug-likeness (QED) is 0.825. The minimum atomic E-state index is -0.115. The molecule has 0 atom stereocenters. The van der Waals surface area contributed by atoms with Crippen LogP contribution in [0.15, 0.2) is 18.2 Å². The molecule has 2 amide bonds. The van der Waals surface area contributed by atoms with Gasteiger partial charge in [0, 0.05) is 44.3 Å². The highest BCUT2D eigenvalue weighted by Gasteiger charge is 2.24. The van der Waals surface area contributed by atoms with Crippen molar-refractivity contribution in [1.29, 1.82) is 0 Å². The Bertz CT molecular complexity index is 657. The van der Waals surface area contributed by atoms with Crippen molar-refractivity contribution < 1.29 is 9.59 Å².